The lowest BCUT2D eigenvalue weighted by Crippen LogP contribution is -2.22. The van der Waals surface area contributed by atoms with Crippen molar-refractivity contribution >= 4 is 56.1 Å². The Bertz CT molecular complexity index is 2820. The van der Waals surface area contributed by atoms with E-state index in [9.17, 15) is 0 Å². The van der Waals surface area contributed by atoms with Gasteiger partial charge in [-0.3, -0.25) is 0 Å². The van der Waals surface area contributed by atoms with E-state index in [4.69, 9.17) is 4.42 Å². The summed E-state index contributed by atoms with van der Waals surface area (Å²) in [4.78, 5) is 4.84. The number of para-hydroxylation sites is 4. The zero-order valence-electron chi connectivity index (χ0n) is 31.1. The van der Waals surface area contributed by atoms with Gasteiger partial charge in [-0.2, -0.15) is 0 Å². The second-order valence-corrected chi connectivity index (χ2v) is 15.3. The van der Waals surface area contributed by atoms with E-state index < -0.39 is 0 Å². The van der Waals surface area contributed by atoms with Crippen LogP contribution in [0.1, 0.15) is 35.1 Å². The summed E-state index contributed by atoms with van der Waals surface area (Å²) < 4.78 is 6.56. The van der Waals surface area contributed by atoms with Crippen LogP contribution in [0.3, 0.4) is 0 Å². The molecule has 1 heterocycles. The van der Waals surface area contributed by atoms with Crippen LogP contribution in [0.15, 0.2) is 199 Å². The van der Waals surface area contributed by atoms with Gasteiger partial charge in [-0.25, -0.2) is 0 Å². The number of anilines is 6. The number of hydrogen-bond donors (Lipinski definition) is 0. The summed E-state index contributed by atoms with van der Waals surface area (Å²) in [7, 11) is 0. The van der Waals surface area contributed by atoms with Crippen molar-refractivity contribution in [3.63, 3.8) is 0 Å². The number of rotatable bonds is 7. The fraction of sp³-hybridized carbons (Fsp3) is 0.0943. The fourth-order valence-corrected chi connectivity index (χ4v) is 9.64. The Morgan fingerprint density at radius 3 is 1.48 bits per heavy atom. The summed E-state index contributed by atoms with van der Waals surface area (Å²) in [6, 6.07) is 70.5. The Hall–Kier alpha value is -6.84. The monoisotopic (exact) mass is 720 g/mol. The SMILES string of the molecule is c1ccc(-c2cc3c(cc2N(c2ccccc2)c2ccc4c(c2)[C@]2(CCc5ccc(N(c6ccccc6)c6ccccc6)cc52)CC4)oc2ccccc23)cc1. The largest absolute Gasteiger partial charge is 0.456 e. The highest BCUT2D eigenvalue weighted by atomic mass is 16.3. The van der Waals surface area contributed by atoms with Gasteiger partial charge in [-0.1, -0.05) is 115 Å². The minimum absolute atomic E-state index is 0.0525. The summed E-state index contributed by atoms with van der Waals surface area (Å²) in [5, 5.41) is 2.26. The number of furan rings is 1. The topological polar surface area (TPSA) is 19.6 Å². The zero-order valence-corrected chi connectivity index (χ0v) is 31.1. The molecular formula is C53H40N2O. The molecule has 0 N–H and O–H groups in total. The van der Waals surface area contributed by atoms with Crippen LogP contribution in [0.2, 0.25) is 0 Å². The Morgan fingerprint density at radius 2 is 0.893 bits per heavy atom. The molecule has 2 aliphatic rings. The molecule has 3 nitrogen and oxygen atoms in total. The lowest BCUT2D eigenvalue weighted by atomic mass is 9.76. The van der Waals surface area contributed by atoms with Crippen LogP contribution in [0, 0.1) is 0 Å². The molecule has 0 fully saturated rings. The maximum Gasteiger partial charge on any atom is 0.137 e. The van der Waals surface area contributed by atoms with Crippen molar-refractivity contribution in [3.05, 3.63) is 216 Å². The quantitative estimate of drug-likeness (QED) is 0.163. The van der Waals surface area contributed by atoms with Gasteiger partial charge in [0.25, 0.3) is 0 Å². The highest BCUT2D eigenvalue weighted by molar-refractivity contribution is 6.09. The van der Waals surface area contributed by atoms with Crippen LogP contribution in [0.4, 0.5) is 34.1 Å². The van der Waals surface area contributed by atoms with E-state index in [1.54, 1.807) is 0 Å². The molecule has 2 aliphatic carbocycles. The average molecular weight is 721 g/mol. The van der Waals surface area contributed by atoms with E-state index in [-0.39, 0.29) is 5.41 Å². The molecule has 0 saturated heterocycles. The Labute approximate surface area is 327 Å². The molecule has 0 amide bonds. The van der Waals surface area contributed by atoms with E-state index in [0.717, 1.165) is 76.1 Å². The Kier molecular flexibility index (Phi) is 7.67. The van der Waals surface area contributed by atoms with Gasteiger partial charge < -0.3 is 14.2 Å². The van der Waals surface area contributed by atoms with Crippen molar-refractivity contribution in [3.8, 4) is 11.1 Å². The standard InChI is InChI=1S/C53H40N2O/c1-5-15-37(16-6-1)46-35-47-45-23-13-14-24-51(45)56-52(47)36-50(46)55(42-21-11-4-12-22-42)44-28-26-39-30-32-53(49(39)34-44)31-29-38-25-27-43(33-48(38)53)54(40-17-7-2-8-18-40)41-19-9-3-10-20-41/h1-28,33-36H,29-32H2/t53-/m1/s1. The van der Waals surface area contributed by atoms with Crippen molar-refractivity contribution in [2.24, 2.45) is 0 Å². The number of benzene rings is 8. The lowest BCUT2D eigenvalue weighted by molar-refractivity contribution is 0.507. The van der Waals surface area contributed by atoms with Crippen LogP contribution in [-0.4, -0.2) is 0 Å². The molecule has 1 spiro atoms. The molecule has 0 saturated carbocycles. The molecule has 0 unspecified atom stereocenters. The van der Waals surface area contributed by atoms with Gasteiger partial charge in [-0.15, -0.1) is 0 Å². The second-order valence-electron chi connectivity index (χ2n) is 15.3. The van der Waals surface area contributed by atoms with E-state index in [0.29, 0.717) is 0 Å². The smallest absolute Gasteiger partial charge is 0.137 e. The van der Waals surface area contributed by atoms with Crippen LogP contribution in [0.25, 0.3) is 33.1 Å². The van der Waals surface area contributed by atoms with E-state index in [1.165, 1.54) is 39.1 Å². The zero-order chi connectivity index (χ0) is 37.1. The van der Waals surface area contributed by atoms with Crippen molar-refractivity contribution in [1.29, 1.82) is 0 Å². The van der Waals surface area contributed by atoms with Crippen LogP contribution < -0.4 is 9.80 Å². The Morgan fingerprint density at radius 1 is 0.393 bits per heavy atom. The van der Waals surface area contributed by atoms with Crippen molar-refractivity contribution < 1.29 is 4.42 Å². The van der Waals surface area contributed by atoms with Gasteiger partial charge in [0.05, 0.1) is 5.69 Å². The first kappa shape index (κ1) is 32.6. The van der Waals surface area contributed by atoms with Crippen LogP contribution >= 0.6 is 0 Å². The van der Waals surface area contributed by atoms with Crippen LogP contribution in [0.5, 0.6) is 0 Å². The molecule has 11 rings (SSSR count). The third-order valence-corrected chi connectivity index (χ3v) is 12.2. The molecule has 8 aromatic carbocycles. The summed E-state index contributed by atoms with van der Waals surface area (Å²) in [6.45, 7) is 0. The van der Waals surface area contributed by atoms with Crippen molar-refractivity contribution in [2.75, 3.05) is 9.80 Å². The molecule has 0 aliphatic heterocycles. The van der Waals surface area contributed by atoms with E-state index in [2.05, 4.69) is 198 Å². The van der Waals surface area contributed by atoms with Gasteiger partial charge in [-0.05, 0) is 126 Å². The average Bonchev–Trinajstić information content (AvgIpc) is 3.95. The predicted molar refractivity (Wildman–Crippen MR) is 232 cm³/mol. The Balaban J connectivity index is 1.09. The third-order valence-electron chi connectivity index (χ3n) is 12.2. The van der Waals surface area contributed by atoms with Gasteiger partial charge >= 0.3 is 0 Å². The van der Waals surface area contributed by atoms with Gasteiger partial charge in [0, 0.05) is 56.3 Å². The number of hydrogen-bond acceptors (Lipinski definition) is 3. The minimum atomic E-state index is -0.0525. The van der Waals surface area contributed by atoms with E-state index in [1.807, 2.05) is 6.07 Å². The molecule has 56 heavy (non-hydrogen) atoms. The molecule has 0 bridgehead atoms. The molecule has 0 radical (unpaired) electrons. The van der Waals surface area contributed by atoms with E-state index >= 15 is 0 Å². The first-order valence-electron chi connectivity index (χ1n) is 19.8. The van der Waals surface area contributed by atoms with Crippen molar-refractivity contribution in [1.82, 2.24) is 0 Å². The molecular weight excluding hydrogens is 681 g/mol. The highest BCUT2D eigenvalue weighted by Crippen LogP contribution is 2.55. The molecule has 268 valence electrons. The summed E-state index contributed by atoms with van der Waals surface area (Å²) >= 11 is 0. The molecule has 3 heteroatoms. The predicted octanol–water partition coefficient (Wildman–Crippen LogP) is 14.4. The van der Waals surface area contributed by atoms with Crippen molar-refractivity contribution in [2.45, 2.75) is 31.1 Å². The lowest BCUT2D eigenvalue weighted by Gasteiger charge is -2.32. The van der Waals surface area contributed by atoms with Gasteiger partial charge in [0.15, 0.2) is 0 Å². The second kappa shape index (κ2) is 13.2. The first-order valence-corrected chi connectivity index (χ1v) is 19.8. The number of aryl methyl sites for hydroxylation is 2. The maximum absolute atomic E-state index is 6.56. The van der Waals surface area contributed by atoms with Crippen LogP contribution in [-0.2, 0) is 18.3 Å². The summed E-state index contributed by atoms with van der Waals surface area (Å²) in [6.07, 6.45) is 4.39. The fourth-order valence-electron chi connectivity index (χ4n) is 9.64. The normalized spacial score (nSPS) is 15.6. The number of fused-ring (bicyclic) bond motifs is 7. The maximum atomic E-state index is 6.56. The van der Waals surface area contributed by atoms with Gasteiger partial charge in [0.1, 0.15) is 11.2 Å². The first-order chi connectivity index (χ1) is 27.7. The molecule has 1 atom stereocenters. The molecule has 9 aromatic rings. The minimum Gasteiger partial charge on any atom is -0.456 e. The molecule has 1 aromatic heterocycles. The third kappa shape index (κ3) is 5.26. The van der Waals surface area contributed by atoms with Gasteiger partial charge in [0.2, 0.25) is 0 Å². The highest BCUT2D eigenvalue weighted by Gasteiger charge is 2.45. The number of nitrogens with zero attached hydrogens (tertiary/aromatic N) is 2. The summed E-state index contributed by atoms with van der Waals surface area (Å²) in [5.41, 5.74) is 16.8. The summed E-state index contributed by atoms with van der Waals surface area (Å²) in [5.74, 6) is 0.